The Bertz CT molecular complexity index is 397. The van der Waals surface area contributed by atoms with Crippen LogP contribution in [0.1, 0.15) is 47.0 Å². The summed E-state index contributed by atoms with van der Waals surface area (Å²) < 4.78 is 23.6. The third kappa shape index (κ3) is 6.41. The second-order valence-electron chi connectivity index (χ2n) is 6.43. The molecule has 1 aliphatic carbocycles. The van der Waals surface area contributed by atoms with Crippen LogP contribution in [0, 0.1) is 11.8 Å². The van der Waals surface area contributed by atoms with E-state index in [0.717, 1.165) is 19.4 Å². The molecule has 0 spiro atoms. The standard InChI is InChI=1S/C14H27NO3S/c1-11(2)9-15(13-5-6-13)14(16)7-8-19(17,18)10-12(3)4/h11-13H,5-10H2,1-4H3. The molecule has 0 aromatic heterocycles. The fraction of sp³-hybridized carbons (Fsp3) is 0.929. The number of carbonyl (C=O) groups excluding carboxylic acids is 1. The van der Waals surface area contributed by atoms with Crippen LogP contribution in [0.2, 0.25) is 0 Å². The number of sulfone groups is 1. The largest absolute Gasteiger partial charge is 0.339 e. The molecule has 0 aromatic rings. The van der Waals surface area contributed by atoms with Gasteiger partial charge >= 0.3 is 0 Å². The molecule has 0 aromatic carbocycles. The van der Waals surface area contributed by atoms with E-state index in [1.807, 2.05) is 18.7 Å². The van der Waals surface area contributed by atoms with Gasteiger partial charge in [0.25, 0.3) is 0 Å². The number of amides is 1. The molecule has 4 nitrogen and oxygen atoms in total. The van der Waals surface area contributed by atoms with Crippen LogP contribution in [0.4, 0.5) is 0 Å². The molecule has 1 aliphatic rings. The van der Waals surface area contributed by atoms with Crippen LogP contribution >= 0.6 is 0 Å². The lowest BCUT2D eigenvalue weighted by Crippen LogP contribution is -2.37. The molecule has 1 amide bonds. The van der Waals surface area contributed by atoms with Gasteiger partial charge in [-0.15, -0.1) is 0 Å². The minimum absolute atomic E-state index is 0.00327. The Balaban J connectivity index is 2.48. The van der Waals surface area contributed by atoms with Crippen molar-refractivity contribution in [2.75, 3.05) is 18.1 Å². The molecule has 5 heteroatoms. The number of nitrogens with zero attached hydrogens (tertiary/aromatic N) is 1. The number of carbonyl (C=O) groups is 1. The van der Waals surface area contributed by atoms with Gasteiger partial charge in [-0.25, -0.2) is 8.42 Å². The zero-order valence-electron chi connectivity index (χ0n) is 12.6. The average Bonchev–Trinajstić information content (AvgIpc) is 3.04. The first kappa shape index (κ1) is 16.5. The van der Waals surface area contributed by atoms with Crippen molar-refractivity contribution in [2.45, 2.75) is 53.0 Å². The van der Waals surface area contributed by atoms with E-state index in [1.54, 1.807) is 0 Å². The minimum atomic E-state index is -3.09. The van der Waals surface area contributed by atoms with Gasteiger partial charge in [0.2, 0.25) is 5.91 Å². The number of rotatable bonds is 8. The van der Waals surface area contributed by atoms with E-state index in [9.17, 15) is 13.2 Å². The van der Waals surface area contributed by atoms with Crippen molar-refractivity contribution in [3.05, 3.63) is 0 Å². The van der Waals surface area contributed by atoms with Crippen molar-refractivity contribution in [1.29, 1.82) is 0 Å². The maximum atomic E-state index is 12.2. The van der Waals surface area contributed by atoms with E-state index < -0.39 is 9.84 Å². The second-order valence-corrected chi connectivity index (χ2v) is 8.66. The highest BCUT2D eigenvalue weighted by Crippen LogP contribution is 2.28. The van der Waals surface area contributed by atoms with E-state index in [1.165, 1.54) is 0 Å². The predicted octanol–water partition coefficient (Wildman–Crippen LogP) is 2.09. The number of hydrogen-bond acceptors (Lipinski definition) is 3. The molecule has 0 bridgehead atoms. The van der Waals surface area contributed by atoms with E-state index >= 15 is 0 Å². The van der Waals surface area contributed by atoms with Crippen LogP contribution in [0.3, 0.4) is 0 Å². The molecule has 0 N–H and O–H groups in total. The minimum Gasteiger partial charge on any atom is -0.339 e. The Kier molecular flexibility index (Phi) is 5.83. The first-order valence-electron chi connectivity index (χ1n) is 7.21. The smallest absolute Gasteiger partial charge is 0.223 e. The Labute approximate surface area is 117 Å². The molecule has 1 rings (SSSR count). The van der Waals surface area contributed by atoms with Gasteiger partial charge < -0.3 is 4.90 Å². The molecule has 0 atom stereocenters. The van der Waals surface area contributed by atoms with Gasteiger partial charge in [-0.3, -0.25) is 4.79 Å². The van der Waals surface area contributed by atoms with Crippen LogP contribution < -0.4 is 0 Å². The molecule has 0 unspecified atom stereocenters. The maximum absolute atomic E-state index is 12.2. The van der Waals surface area contributed by atoms with E-state index in [-0.39, 0.29) is 29.8 Å². The van der Waals surface area contributed by atoms with Crippen molar-refractivity contribution in [3.63, 3.8) is 0 Å². The van der Waals surface area contributed by atoms with Gasteiger partial charge in [-0.2, -0.15) is 0 Å². The zero-order chi connectivity index (χ0) is 14.6. The first-order valence-corrected chi connectivity index (χ1v) is 9.03. The van der Waals surface area contributed by atoms with Gasteiger partial charge in [-0.05, 0) is 24.7 Å². The van der Waals surface area contributed by atoms with Gasteiger partial charge in [-0.1, -0.05) is 27.7 Å². The van der Waals surface area contributed by atoms with Crippen LogP contribution in [0.5, 0.6) is 0 Å². The monoisotopic (exact) mass is 289 g/mol. The molecule has 0 radical (unpaired) electrons. The lowest BCUT2D eigenvalue weighted by atomic mass is 10.2. The Morgan fingerprint density at radius 1 is 1.16 bits per heavy atom. The zero-order valence-corrected chi connectivity index (χ0v) is 13.4. The molecule has 0 aliphatic heterocycles. The van der Waals surface area contributed by atoms with E-state index in [2.05, 4.69) is 13.8 Å². The van der Waals surface area contributed by atoms with Crippen LogP contribution in [0.25, 0.3) is 0 Å². The van der Waals surface area contributed by atoms with Crippen LogP contribution in [-0.4, -0.2) is 43.3 Å². The predicted molar refractivity (Wildman–Crippen MR) is 77.7 cm³/mol. The van der Waals surface area contributed by atoms with E-state index in [4.69, 9.17) is 0 Å². The fourth-order valence-corrected chi connectivity index (χ4v) is 3.88. The normalized spacial score (nSPS) is 16.1. The summed E-state index contributed by atoms with van der Waals surface area (Å²) in [4.78, 5) is 14.0. The Hall–Kier alpha value is -0.580. The summed E-state index contributed by atoms with van der Waals surface area (Å²) in [7, 11) is -3.09. The highest BCUT2D eigenvalue weighted by atomic mass is 32.2. The van der Waals surface area contributed by atoms with Gasteiger partial charge in [0.05, 0.1) is 11.5 Å². The highest BCUT2D eigenvalue weighted by Gasteiger charge is 2.33. The van der Waals surface area contributed by atoms with Crippen molar-refractivity contribution >= 4 is 15.7 Å². The summed E-state index contributed by atoms with van der Waals surface area (Å²) in [6.07, 6.45) is 2.27. The Morgan fingerprint density at radius 2 is 1.74 bits per heavy atom. The van der Waals surface area contributed by atoms with Crippen LogP contribution in [-0.2, 0) is 14.6 Å². The van der Waals surface area contributed by atoms with Crippen LogP contribution in [0.15, 0.2) is 0 Å². The van der Waals surface area contributed by atoms with Crippen molar-refractivity contribution in [1.82, 2.24) is 4.90 Å². The molecule has 1 fully saturated rings. The fourth-order valence-electron chi connectivity index (χ4n) is 2.21. The molecular formula is C14H27NO3S. The van der Waals surface area contributed by atoms with E-state index in [0.29, 0.717) is 12.0 Å². The average molecular weight is 289 g/mol. The SMILES string of the molecule is CC(C)CN(C(=O)CCS(=O)(=O)CC(C)C)C1CC1. The third-order valence-electron chi connectivity index (χ3n) is 3.08. The highest BCUT2D eigenvalue weighted by molar-refractivity contribution is 7.91. The lowest BCUT2D eigenvalue weighted by Gasteiger charge is -2.24. The van der Waals surface area contributed by atoms with Crippen molar-refractivity contribution in [3.8, 4) is 0 Å². The summed E-state index contributed by atoms with van der Waals surface area (Å²) in [5, 5.41) is 0. The summed E-state index contributed by atoms with van der Waals surface area (Å²) >= 11 is 0. The molecule has 0 heterocycles. The number of hydrogen-bond donors (Lipinski definition) is 0. The molecule has 0 saturated heterocycles. The first-order chi connectivity index (χ1) is 8.71. The molecule has 19 heavy (non-hydrogen) atoms. The van der Waals surface area contributed by atoms with Crippen molar-refractivity contribution < 1.29 is 13.2 Å². The lowest BCUT2D eigenvalue weighted by molar-refractivity contribution is -0.131. The van der Waals surface area contributed by atoms with Gasteiger partial charge in [0.1, 0.15) is 0 Å². The molecule has 1 saturated carbocycles. The summed E-state index contributed by atoms with van der Waals surface area (Å²) in [6, 6.07) is 0.364. The summed E-state index contributed by atoms with van der Waals surface area (Å²) in [5.74, 6) is 0.717. The Morgan fingerprint density at radius 3 is 2.16 bits per heavy atom. The topological polar surface area (TPSA) is 54.5 Å². The second kappa shape index (κ2) is 6.73. The third-order valence-corrected chi connectivity index (χ3v) is 5.08. The van der Waals surface area contributed by atoms with Gasteiger partial charge in [0, 0.05) is 19.0 Å². The maximum Gasteiger partial charge on any atom is 0.223 e. The summed E-state index contributed by atoms with van der Waals surface area (Å²) in [6.45, 7) is 8.67. The van der Waals surface area contributed by atoms with Gasteiger partial charge in [0.15, 0.2) is 9.84 Å². The van der Waals surface area contributed by atoms with Crippen molar-refractivity contribution in [2.24, 2.45) is 11.8 Å². The summed E-state index contributed by atoms with van der Waals surface area (Å²) in [5.41, 5.74) is 0. The molecule has 112 valence electrons. The quantitative estimate of drug-likeness (QED) is 0.687. The molecular weight excluding hydrogens is 262 g/mol.